The van der Waals surface area contributed by atoms with Gasteiger partial charge in [0.25, 0.3) is 0 Å². The van der Waals surface area contributed by atoms with E-state index in [0.717, 1.165) is 44.2 Å². The fourth-order valence-corrected chi connectivity index (χ4v) is 3.13. The summed E-state index contributed by atoms with van der Waals surface area (Å²) < 4.78 is 10.6. The molecule has 1 aromatic rings. The fraction of sp³-hybridized carbons (Fsp3) is 0.650. The quantitative estimate of drug-likeness (QED) is 0.358. The van der Waals surface area contributed by atoms with Gasteiger partial charge in [-0.2, -0.15) is 0 Å². The van der Waals surface area contributed by atoms with Crippen LogP contribution in [-0.2, 0) is 20.7 Å². The molecule has 0 aliphatic carbocycles. The molecule has 0 aromatic carbocycles. The number of methoxy groups -OCH3 is 1. The Morgan fingerprint density at radius 1 is 1.43 bits per heavy atom. The third kappa shape index (κ3) is 7.44. The number of rotatable bonds is 10. The Morgan fingerprint density at radius 2 is 2.29 bits per heavy atom. The van der Waals surface area contributed by atoms with Crippen molar-refractivity contribution in [3.8, 4) is 0 Å². The molecular formula is C20H33N5O3. The Hall–Kier alpha value is -2.19. The zero-order valence-electron chi connectivity index (χ0n) is 17.3. The Balaban J connectivity index is 1.69. The van der Waals surface area contributed by atoms with E-state index in [1.54, 1.807) is 25.3 Å². The molecule has 0 bridgehead atoms. The highest BCUT2D eigenvalue weighted by atomic mass is 16.5. The number of nitrogens with zero attached hydrogens (tertiary/aromatic N) is 4. The minimum absolute atomic E-state index is 0.0377. The van der Waals surface area contributed by atoms with Gasteiger partial charge in [-0.3, -0.25) is 14.8 Å². The van der Waals surface area contributed by atoms with Crippen LogP contribution in [0.1, 0.15) is 12.1 Å². The number of amides is 1. The van der Waals surface area contributed by atoms with Crippen LogP contribution in [0.25, 0.3) is 0 Å². The van der Waals surface area contributed by atoms with E-state index in [9.17, 15) is 4.79 Å². The smallest absolute Gasteiger partial charge is 0.241 e. The highest BCUT2D eigenvalue weighted by molar-refractivity contribution is 5.86. The maximum atomic E-state index is 12.4. The van der Waals surface area contributed by atoms with Gasteiger partial charge in [0.05, 0.1) is 26.4 Å². The summed E-state index contributed by atoms with van der Waals surface area (Å²) in [7, 11) is 5.24. The molecule has 0 spiro atoms. The van der Waals surface area contributed by atoms with E-state index in [-0.39, 0.29) is 12.5 Å². The van der Waals surface area contributed by atoms with Crippen molar-refractivity contribution >= 4 is 11.9 Å². The predicted molar refractivity (Wildman–Crippen MR) is 109 cm³/mol. The second kappa shape index (κ2) is 12.3. The van der Waals surface area contributed by atoms with Gasteiger partial charge in [-0.25, -0.2) is 0 Å². The second-order valence-electron chi connectivity index (χ2n) is 6.96. The molecule has 1 aliphatic heterocycles. The normalized spacial score (nSPS) is 17.0. The largest absolute Gasteiger partial charge is 0.382 e. The molecule has 2 rings (SSSR count). The van der Waals surface area contributed by atoms with Gasteiger partial charge in [0.2, 0.25) is 5.91 Å². The molecule has 1 amide bonds. The van der Waals surface area contributed by atoms with Crippen LogP contribution in [0.15, 0.2) is 29.4 Å². The maximum absolute atomic E-state index is 12.4. The van der Waals surface area contributed by atoms with Crippen LogP contribution in [0.2, 0.25) is 0 Å². The average Bonchev–Trinajstić information content (AvgIpc) is 3.19. The van der Waals surface area contributed by atoms with Gasteiger partial charge in [0.1, 0.15) is 0 Å². The molecule has 0 saturated carbocycles. The van der Waals surface area contributed by atoms with Gasteiger partial charge in [-0.05, 0) is 18.6 Å². The number of guanidine groups is 1. The summed E-state index contributed by atoms with van der Waals surface area (Å²) in [6.45, 7) is 4.65. The second-order valence-corrected chi connectivity index (χ2v) is 6.96. The molecule has 1 fully saturated rings. The number of ether oxygens (including phenoxy) is 2. The maximum Gasteiger partial charge on any atom is 0.241 e. The van der Waals surface area contributed by atoms with E-state index in [1.165, 1.54) is 0 Å². The first-order chi connectivity index (χ1) is 13.6. The van der Waals surface area contributed by atoms with Crippen LogP contribution in [0.5, 0.6) is 0 Å². The number of pyridine rings is 1. The van der Waals surface area contributed by atoms with Crippen molar-refractivity contribution in [3.63, 3.8) is 0 Å². The summed E-state index contributed by atoms with van der Waals surface area (Å²) in [5.41, 5.74) is 0.988. The van der Waals surface area contributed by atoms with Crippen molar-refractivity contribution in [1.29, 1.82) is 0 Å². The van der Waals surface area contributed by atoms with E-state index in [4.69, 9.17) is 9.47 Å². The lowest BCUT2D eigenvalue weighted by Crippen LogP contribution is -2.45. The number of likely N-dealkylation sites (N-methyl/N-ethyl adjacent to an activating group) is 1. The van der Waals surface area contributed by atoms with E-state index in [2.05, 4.69) is 20.2 Å². The van der Waals surface area contributed by atoms with Gasteiger partial charge in [0.15, 0.2) is 5.96 Å². The highest BCUT2D eigenvalue weighted by Crippen LogP contribution is 2.16. The lowest BCUT2D eigenvalue weighted by molar-refractivity contribution is -0.128. The van der Waals surface area contributed by atoms with E-state index in [0.29, 0.717) is 25.7 Å². The molecule has 1 unspecified atom stereocenters. The number of hydrogen-bond donors (Lipinski definition) is 1. The lowest BCUT2D eigenvalue weighted by Gasteiger charge is -2.23. The molecule has 1 aromatic heterocycles. The molecule has 8 nitrogen and oxygen atoms in total. The predicted octanol–water partition coefficient (Wildman–Crippen LogP) is 0.643. The van der Waals surface area contributed by atoms with Gasteiger partial charge < -0.3 is 24.6 Å². The number of aliphatic imine (C=N–C) groups is 1. The van der Waals surface area contributed by atoms with Crippen molar-refractivity contribution < 1.29 is 14.3 Å². The van der Waals surface area contributed by atoms with E-state index >= 15 is 0 Å². The first kappa shape index (κ1) is 22.1. The minimum Gasteiger partial charge on any atom is -0.382 e. The summed E-state index contributed by atoms with van der Waals surface area (Å²) in [6, 6.07) is 5.82. The van der Waals surface area contributed by atoms with Crippen molar-refractivity contribution in [2.45, 2.75) is 12.8 Å². The third-order valence-corrected chi connectivity index (χ3v) is 4.84. The molecule has 0 radical (unpaired) electrons. The topological polar surface area (TPSA) is 79.3 Å². The van der Waals surface area contributed by atoms with Crippen molar-refractivity contribution in [2.75, 3.05) is 67.2 Å². The SMILES string of the molecule is CN=C(NCC(=O)N(C)CCc1ccccn1)N1CCC(COCCOC)C1. The van der Waals surface area contributed by atoms with Gasteiger partial charge >= 0.3 is 0 Å². The molecule has 2 heterocycles. The van der Waals surface area contributed by atoms with Gasteiger partial charge in [0, 0.05) is 65.1 Å². The fourth-order valence-electron chi connectivity index (χ4n) is 3.13. The summed E-state index contributed by atoms with van der Waals surface area (Å²) in [4.78, 5) is 24.9. The first-order valence-corrected chi connectivity index (χ1v) is 9.80. The van der Waals surface area contributed by atoms with E-state index < -0.39 is 0 Å². The van der Waals surface area contributed by atoms with Crippen molar-refractivity contribution in [3.05, 3.63) is 30.1 Å². The Bertz CT molecular complexity index is 611. The van der Waals surface area contributed by atoms with Gasteiger partial charge in [-0.1, -0.05) is 6.07 Å². The standard InChI is InChI=1S/C20H33N5O3/c1-21-20(25-11-7-17(15-25)16-28-13-12-27-3)23-14-19(26)24(2)10-8-18-6-4-5-9-22-18/h4-6,9,17H,7-8,10-16H2,1-3H3,(H,21,23). The molecule has 1 atom stereocenters. The van der Waals surface area contributed by atoms with Crippen LogP contribution >= 0.6 is 0 Å². The van der Waals surface area contributed by atoms with Crippen LogP contribution in [0.4, 0.5) is 0 Å². The van der Waals surface area contributed by atoms with Crippen molar-refractivity contribution in [2.24, 2.45) is 10.9 Å². The summed E-state index contributed by atoms with van der Waals surface area (Å²) in [5.74, 6) is 1.29. The first-order valence-electron chi connectivity index (χ1n) is 9.80. The molecule has 156 valence electrons. The van der Waals surface area contributed by atoms with Crippen LogP contribution < -0.4 is 5.32 Å². The van der Waals surface area contributed by atoms with Crippen LogP contribution in [-0.4, -0.2) is 93.9 Å². The molecular weight excluding hydrogens is 358 g/mol. The number of hydrogen-bond acceptors (Lipinski definition) is 5. The summed E-state index contributed by atoms with van der Waals surface area (Å²) in [6.07, 6.45) is 3.58. The molecule has 28 heavy (non-hydrogen) atoms. The third-order valence-electron chi connectivity index (χ3n) is 4.84. The lowest BCUT2D eigenvalue weighted by atomic mass is 10.1. The summed E-state index contributed by atoms with van der Waals surface area (Å²) in [5, 5.41) is 3.20. The van der Waals surface area contributed by atoms with Crippen LogP contribution in [0.3, 0.4) is 0 Å². The summed E-state index contributed by atoms with van der Waals surface area (Å²) >= 11 is 0. The molecule has 1 N–H and O–H groups in total. The average molecular weight is 392 g/mol. The van der Waals surface area contributed by atoms with E-state index in [1.807, 2.05) is 25.2 Å². The highest BCUT2D eigenvalue weighted by Gasteiger charge is 2.25. The number of carbonyl (C=O) groups excluding carboxylic acids is 1. The number of nitrogens with one attached hydrogen (secondary N) is 1. The zero-order valence-corrected chi connectivity index (χ0v) is 17.3. The Kier molecular flexibility index (Phi) is 9.71. The zero-order chi connectivity index (χ0) is 20.2. The number of aromatic nitrogens is 1. The Morgan fingerprint density at radius 3 is 3.00 bits per heavy atom. The number of carbonyl (C=O) groups is 1. The Labute approximate surface area is 167 Å². The molecule has 1 saturated heterocycles. The van der Waals surface area contributed by atoms with Gasteiger partial charge in [-0.15, -0.1) is 0 Å². The molecule has 1 aliphatic rings. The monoisotopic (exact) mass is 391 g/mol. The van der Waals surface area contributed by atoms with Crippen molar-refractivity contribution in [1.82, 2.24) is 20.1 Å². The number of likely N-dealkylation sites (tertiary alicyclic amines) is 1. The minimum atomic E-state index is 0.0377. The van der Waals surface area contributed by atoms with Crippen LogP contribution in [0, 0.1) is 5.92 Å². The molecule has 8 heteroatoms.